The van der Waals surface area contributed by atoms with Crippen molar-refractivity contribution in [3.05, 3.63) is 35.4 Å². The summed E-state index contributed by atoms with van der Waals surface area (Å²) in [6, 6.07) is 6.92. The summed E-state index contributed by atoms with van der Waals surface area (Å²) in [6.45, 7) is 0.00471. The van der Waals surface area contributed by atoms with E-state index in [0.717, 1.165) is 5.56 Å². The van der Waals surface area contributed by atoms with E-state index in [2.05, 4.69) is 0 Å². The van der Waals surface area contributed by atoms with E-state index < -0.39 is 17.9 Å². The first-order valence-electron chi connectivity index (χ1n) is 5.19. The SMILES string of the molecule is O=C(O)C(Cc1cccc(CCO)c1)C(=O)O. The number of hydrogen-bond acceptors (Lipinski definition) is 3. The van der Waals surface area contributed by atoms with Gasteiger partial charge in [0.15, 0.2) is 5.92 Å². The van der Waals surface area contributed by atoms with Gasteiger partial charge < -0.3 is 15.3 Å². The molecule has 0 radical (unpaired) electrons. The van der Waals surface area contributed by atoms with Gasteiger partial charge in [0.05, 0.1) is 0 Å². The van der Waals surface area contributed by atoms with E-state index in [1.807, 2.05) is 0 Å². The number of carboxylic acids is 2. The number of aliphatic hydroxyl groups excluding tert-OH is 1. The Morgan fingerprint density at radius 3 is 2.24 bits per heavy atom. The van der Waals surface area contributed by atoms with Crippen LogP contribution >= 0.6 is 0 Å². The van der Waals surface area contributed by atoms with Crippen molar-refractivity contribution < 1.29 is 24.9 Å². The summed E-state index contributed by atoms with van der Waals surface area (Å²) in [6.07, 6.45) is 0.419. The van der Waals surface area contributed by atoms with Crippen LogP contribution < -0.4 is 0 Å². The van der Waals surface area contributed by atoms with E-state index in [1.165, 1.54) is 0 Å². The largest absolute Gasteiger partial charge is 0.481 e. The van der Waals surface area contributed by atoms with Gasteiger partial charge in [0, 0.05) is 6.61 Å². The molecule has 0 unspecified atom stereocenters. The minimum atomic E-state index is -1.43. The number of carboxylic acid groups (broad SMARTS) is 2. The Morgan fingerprint density at radius 1 is 1.12 bits per heavy atom. The van der Waals surface area contributed by atoms with Gasteiger partial charge >= 0.3 is 11.9 Å². The molecule has 0 fully saturated rings. The average molecular weight is 238 g/mol. The van der Waals surface area contributed by atoms with Crippen LogP contribution in [0.1, 0.15) is 11.1 Å². The zero-order valence-corrected chi connectivity index (χ0v) is 9.17. The first kappa shape index (κ1) is 13.2. The van der Waals surface area contributed by atoms with Crippen molar-refractivity contribution in [3.63, 3.8) is 0 Å². The van der Waals surface area contributed by atoms with Crippen molar-refractivity contribution in [1.29, 1.82) is 0 Å². The molecule has 0 heterocycles. The molecule has 3 N–H and O–H groups in total. The molecule has 1 aromatic rings. The van der Waals surface area contributed by atoms with E-state index >= 15 is 0 Å². The average Bonchev–Trinajstić information content (AvgIpc) is 2.26. The maximum atomic E-state index is 10.7. The molecular weight excluding hydrogens is 224 g/mol. The molecule has 0 aromatic heterocycles. The van der Waals surface area contributed by atoms with Crippen molar-refractivity contribution >= 4 is 11.9 Å². The lowest BCUT2D eigenvalue weighted by Crippen LogP contribution is -2.25. The number of benzene rings is 1. The Morgan fingerprint density at radius 2 is 1.71 bits per heavy atom. The second-order valence-electron chi connectivity index (χ2n) is 3.73. The Kier molecular flexibility index (Phi) is 4.66. The van der Waals surface area contributed by atoms with Crippen LogP contribution in [0.15, 0.2) is 24.3 Å². The van der Waals surface area contributed by atoms with Crippen LogP contribution in [0, 0.1) is 5.92 Å². The standard InChI is InChI=1S/C12H14O5/c13-5-4-8-2-1-3-9(6-8)7-10(11(14)15)12(16)17/h1-3,6,10,13H,4-5,7H2,(H,14,15)(H,16,17). The van der Waals surface area contributed by atoms with E-state index in [9.17, 15) is 9.59 Å². The van der Waals surface area contributed by atoms with Crippen molar-refractivity contribution in [2.24, 2.45) is 5.92 Å². The minimum absolute atomic E-state index is 0.00471. The monoisotopic (exact) mass is 238 g/mol. The third-order valence-corrected chi connectivity index (χ3v) is 2.43. The van der Waals surface area contributed by atoms with Crippen molar-refractivity contribution in [3.8, 4) is 0 Å². The summed E-state index contributed by atoms with van der Waals surface area (Å²) in [5.74, 6) is -4.12. The Labute approximate surface area is 98.3 Å². The van der Waals surface area contributed by atoms with E-state index in [0.29, 0.717) is 12.0 Å². The lowest BCUT2D eigenvalue weighted by molar-refractivity contribution is -0.154. The van der Waals surface area contributed by atoms with Gasteiger partial charge in [0.2, 0.25) is 0 Å². The highest BCUT2D eigenvalue weighted by atomic mass is 16.4. The van der Waals surface area contributed by atoms with Crippen LogP contribution in [-0.4, -0.2) is 33.9 Å². The van der Waals surface area contributed by atoms with Gasteiger partial charge in [-0.3, -0.25) is 9.59 Å². The Hall–Kier alpha value is -1.88. The van der Waals surface area contributed by atoms with Crippen LogP contribution in [-0.2, 0) is 22.4 Å². The van der Waals surface area contributed by atoms with Crippen molar-refractivity contribution in [1.82, 2.24) is 0 Å². The van der Waals surface area contributed by atoms with Crippen LogP contribution in [0.4, 0.5) is 0 Å². The first-order chi connectivity index (χ1) is 8.04. The molecule has 1 aromatic carbocycles. The highest BCUT2D eigenvalue weighted by Crippen LogP contribution is 2.12. The van der Waals surface area contributed by atoms with Gasteiger partial charge in [-0.1, -0.05) is 24.3 Å². The number of aliphatic carboxylic acids is 2. The van der Waals surface area contributed by atoms with Crippen molar-refractivity contribution in [2.75, 3.05) is 6.61 Å². The lowest BCUT2D eigenvalue weighted by Gasteiger charge is -2.08. The zero-order chi connectivity index (χ0) is 12.8. The van der Waals surface area contributed by atoms with E-state index in [4.69, 9.17) is 15.3 Å². The second-order valence-corrected chi connectivity index (χ2v) is 3.73. The molecule has 0 bridgehead atoms. The van der Waals surface area contributed by atoms with Crippen LogP contribution in [0.5, 0.6) is 0 Å². The molecular formula is C12H14O5. The molecule has 0 aliphatic heterocycles. The summed E-state index contributed by atoms with van der Waals surface area (Å²) in [7, 11) is 0. The van der Waals surface area contributed by atoms with Gasteiger partial charge in [0.1, 0.15) is 0 Å². The molecule has 0 aliphatic rings. The third kappa shape index (κ3) is 3.88. The van der Waals surface area contributed by atoms with Gasteiger partial charge in [-0.25, -0.2) is 0 Å². The van der Waals surface area contributed by atoms with Crippen LogP contribution in [0.2, 0.25) is 0 Å². The number of carbonyl (C=O) groups is 2. The number of hydrogen-bond donors (Lipinski definition) is 3. The maximum absolute atomic E-state index is 10.7. The van der Waals surface area contributed by atoms with Gasteiger partial charge in [-0.2, -0.15) is 0 Å². The van der Waals surface area contributed by atoms with Crippen molar-refractivity contribution in [2.45, 2.75) is 12.8 Å². The fourth-order valence-electron chi connectivity index (χ4n) is 1.56. The highest BCUT2D eigenvalue weighted by Gasteiger charge is 2.25. The molecule has 92 valence electrons. The lowest BCUT2D eigenvalue weighted by atomic mass is 9.97. The topological polar surface area (TPSA) is 94.8 Å². The van der Waals surface area contributed by atoms with Gasteiger partial charge in [-0.15, -0.1) is 0 Å². The molecule has 0 saturated heterocycles. The molecule has 17 heavy (non-hydrogen) atoms. The maximum Gasteiger partial charge on any atom is 0.318 e. The van der Waals surface area contributed by atoms with Crippen LogP contribution in [0.3, 0.4) is 0 Å². The smallest absolute Gasteiger partial charge is 0.318 e. The van der Waals surface area contributed by atoms with Crippen LogP contribution in [0.25, 0.3) is 0 Å². The Bertz CT molecular complexity index is 399. The van der Waals surface area contributed by atoms with E-state index in [1.54, 1.807) is 24.3 Å². The molecule has 0 spiro atoms. The molecule has 5 nitrogen and oxygen atoms in total. The fraction of sp³-hybridized carbons (Fsp3) is 0.333. The summed E-state index contributed by atoms with van der Waals surface area (Å²) < 4.78 is 0. The summed E-state index contributed by atoms with van der Waals surface area (Å²) in [4.78, 5) is 21.5. The highest BCUT2D eigenvalue weighted by molar-refractivity contribution is 5.93. The minimum Gasteiger partial charge on any atom is -0.481 e. The van der Waals surface area contributed by atoms with Gasteiger partial charge in [-0.05, 0) is 24.0 Å². The fourth-order valence-corrected chi connectivity index (χ4v) is 1.56. The molecule has 5 heteroatoms. The molecule has 0 saturated carbocycles. The summed E-state index contributed by atoms with van der Waals surface area (Å²) in [5, 5.41) is 26.3. The number of rotatable bonds is 6. The third-order valence-electron chi connectivity index (χ3n) is 2.43. The zero-order valence-electron chi connectivity index (χ0n) is 9.17. The molecule has 0 atom stereocenters. The molecule has 1 rings (SSSR count). The summed E-state index contributed by atoms with van der Waals surface area (Å²) in [5.41, 5.74) is 1.50. The normalized spacial score (nSPS) is 10.5. The first-order valence-corrected chi connectivity index (χ1v) is 5.19. The predicted octanol–water partition coefficient (Wildman–Crippen LogP) is 0.549. The number of aliphatic hydroxyl groups is 1. The molecule has 0 aliphatic carbocycles. The Balaban J connectivity index is 2.82. The quantitative estimate of drug-likeness (QED) is 0.629. The van der Waals surface area contributed by atoms with Gasteiger partial charge in [0.25, 0.3) is 0 Å². The van der Waals surface area contributed by atoms with E-state index in [-0.39, 0.29) is 13.0 Å². The predicted molar refractivity (Wildman–Crippen MR) is 59.7 cm³/mol. The summed E-state index contributed by atoms with van der Waals surface area (Å²) >= 11 is 0. The second kappa shape index (κ2) is 6.00. The molecule has 0 amide bonds.